The maximum absolute atomic E-state index is 12.4. The van der Waals surface area contributed by atoms with Crippen molar-refractivity contribution >= 4 is 32.9 Å². The van der Waals surface area contributed by atoms with Crippen LogP contribution >= 0.6 is 15.9 Å². The van der Waals surface area contributed by atoms with Crippen molar-refractivity contribution in [3.8, 4) is 0 Å². The van der Waals surface area contributed by atoms with Gasteiger partial charge in [-0.2, -0.15) is 13.2 Å². The van der Waals surface area contributed by atoms with E-state index in [0.29, 0.717) is 5.52 Å². The molecule has 3 N–H and O–H groups in total. The van der Waals surface area contributed by atoms with Crippen LogP contribution in [-0.2, 0) is 6.18 Å². The Morgan fingerprint density at radius 1 is 1.33 bits per heavy atom. The van der Waals surface area contributed by atoms with Crippen molar-refractivity contribution in [3.05, 3.63) is 22.2 Å². The summed E-state index contributed by atoms with van der Waals surface area (Å²) in [6.45, 7) is 0. The molecule has 0 unspecified atom stereocenters. The van der Waals surface area contributed by atoms with Crippen LogP contribution in [0.1, 0.15) is 5.56 Å². The first-order valence-corrected chi connectivity index (χ1v) is 4.69. The molecule has 0 aliphatic rings. The van der Waals surface area contributed by atoms with Crippen LogP contribution in [0.3, 0.4) is 0 Å². The number of imidazole rings is 1. The lowest BCUT2D eigenvalue weighted by molar-refractivity contribution is -0.137. The normalized spacial score (nSPS) is 12.3. The average Bonchev–Trinajstić information content (AvgIpc) is 2.44. The Bertz CT molecular complexity index is 518. The number of nitrogens with one attached hydrogen (secondary N) is 1. The second kappa shape index (κ2) is 3.13. The van der Waals surface area contributed by atoms with Gasteiger partial charge in [0.15, 0.2) is 5.95 Å². The number of nitrogens with zero attached hydrogens (tertiary/aromatic N) is 1. The lowest BCUT2D eigenvalue weighted by atomic mass is 10.2. The summed E-state index contributed by atoms with van der Waals surface area (Å²) in [6.07, 6.45) is -4.38. The van der Waals surface area contributed by atoms with E-state index >= 15 is 0 Å². The Kier molecular flexibility index (Phi) is 2.14. The summed E-state index contributed by atoms with van der Waals surface area (Å²) >= 11 is 3.03. The molecule has 0 amide bonds. The average molecular weight is 280 g/mol. The number of benzene rings is 1. The number of alkyl halides is 3. The number of H-pyrrole nitrogens is 1. The third-order valence-corrected chi connectivity index (χ3v) is 2.52. The first-order chi connectivity index (χ1) is 6.88. The molecule has 1 heterocycles. The van der Waals surface area contributed by atoms with Crippen molar-refractivity contribution in [1.29, 1.82) is 0 Å². The number of anilines is 1. The van der Waals surface area contributed by atoms with Crippen LogP contribution in [0, 0.1) is 0 Å². The van der Waals surface area contributed by atoms with Gasteiger partial charge in [-0.05, 0) is 28.1 Å². The number of aromatic nitrogens is 2. The van der Waals surface area contributed by atoms with Crippen molar-refractivity contribution in [2.75, 3.05) is 5.73 Å². The van der Waals surface area contributed by atoms with Gasteiger partial charge in [0.2, 0.25) is 0 Å². The number of hydrogen-bond donors (Lipinski definition) is 2. The lowest BCUT2D eigenvalue weighted by Gasteiger charge is -2.06. The second-order valence-corrected chi connectivity index (χ2v) is 3.83. The van der Waals surface area contributed by atoms with Gasteiger partial charge < -0.3 is 10.7 Å². The predicted octanol–water partition coefficient (Wildman–Crippen LogP) is 2.93. The highest BCUT2D eigenvalue weighted by Gasteiger charge is 2.31. The maximum atomic E-state index is 12.4. The fourth-order valence-electron chi connectivity index (χ4n) is 1.25. The van der Waals surface area contributed by atoms with Gasteiger partial charge in [0.25, 0.3) is 0 Å². The smallest absolute Gasteiger partial charge is 0.369 e. The molecule has 0 atom stereocenters. The third kappa shape index (κ3) is 1.79. The minimum atomic E-state index is -4.38. The van der Waals surface area contributed by atoms with E-state index in [0.717, 1.165) is 12.1 Å². The molecule has 80 valence electrons. The highest BCUT2D eigenvalue weighted by atomic mass is 79.9. The zero-order chi connectivity index (χ0) is 11.2. The van der Waals surface area contributed by atoms with E-state index in [4.69, 9.17) is 5.73 Å². The summed E-state index contributed by atoms with van der Waals surface area (Å²) in [6, 6.07) is 1.94. The fourth-order valence-corrected chi connectivity index (χ4v) is 1.80. The molecule has 15 heavy (non-hydrogen) atoms. The van der Waals surface area contributed by atoms with E-state index in [1.165, 1.54) is 0 Å². The van der Waals surface area contributed by atoms with Gasteiger partial charge in [0.1, 0.15) is 0 Å². The number of aromatic amines is 1. The van der Waals surface area contributed by atoms with Crippen LogP contribution in [0.5, 0.6) is 0 Å². The van der Waals surface area contributed by atoms with Gasteiger partial charge in [0, 0.05) is 4.47 Å². The standard InChI is InChI=1S/C8H5BrF3N3/c9-4-1-3(8(10,11)12)2-5-6(4)15-7(13)14-5/h1-2H,(H3,13,14,15). The topological polar surface area (TPSA) is 54.7 Å². The Balaban J connectivity index is 2.72. The van der Waals surface area contributed by atoms with E-state index in [1.54, 1.807) is 0 Å². The third-order valence-electron chi connectivity index (χ3n) is 1.89. The SMILES string of the molecule is Nc1nc2cc(C(F)(F)F)cc(Br)c2[nH]1. The minimum Gasteiger partial charge on any atom is -0.369 e. The predicted molar refractivity (Wildman–Crippen MR) is 53.2 cm³/mol. The van der Waals surface area contributed by atoms with Crippen LogP contribution in [0.2, 0.25) is 0 Å². The Morgan fingerprint density at radius 2 is 2.00 bits per heavy atom. The maximum Gasteiger partial charge on any atom is 0.416 e. The van der Waals surface area contributed by atoms with Crippen molar-refractivity contribution in [2.24, 2.45) is 0 Å². The molecule has 2 aromatic rings. The zero-order valence-corrected chi connectivity index (χ0v) is 8.78. The second-order valence-electron chi connectivity index (χ2n) is 2.97. The fraction of sp³-hybridized carbons (Fsp3) is 0.125. The molecule has 0 aliphatic heterocycles. The number of nitrogen functional groups attached to an aromatic ring is 1. The van der Waals surface area contributed by atoms with Crippen LogP contribution in [0.4, 0.5) is 19.1 Å². The summed E-state index contributed by atoms with van der Waals surface area (Å²) in [5.41, 5.74) is 5.24. The highest BCUT2D eigenvalue weighted by Crippen LogP contribution is 2.34. The number of halogens is 4. The largest absolute Gasteiger partial charge is 0.416 e. The summed E-state index contributed by atoms with van der Waals surface area (Å²) in [5, 5.41) is 0. The Labute approximate surface area is 90.6 Å². The van der Waals surface area contributed by atoms with Gasteiger partial charge in [0.05, 0.1) is 16.6 Å². The number of rotatable bonds is 0. The number of fused-ring (bicyclic) bond motifs is 1. The quantitative estimate of drug-likeness (QED) is 0.779. The van der Waals surface area contributed by atoms with Crippen molar-refractivity contribution in [3.63, 3.8) is 0 Å². The Morgan fingerprint density at radius 3 is 2.60 bits per heavy atom. The van der Waals surface area contributed by atoms with Crippen molar-refractivity contribution in [1.82, 2.24) is 9.97 Å². The molecule has 0 radical (unpaired) electrons. The van der Waals surface area contributed by atoms with E-state index in [9.17, 15) is 13.2 Å². The molecule has 0 fully saturated rings. The molecule has 1 aromatic heterocycles. The molecule has 7 heteroatoms. The van der Waals surface area contributed by atoms with Gasteiger partial charge in [-0.15, -0.1) is 0 Å². The van der Waals surface area contributed by atoms with Gasteiger partial charge in [-0.1, -0.05) is 0 Å². The van der Waals surface area contributed by atoms with Gasteiger partial charge >= 0.3 is 6.18 Å². The van der Waals surface area contributed by atoms with Crippen LogP contribution in [0.25, 0.3) is 11.0 Å². The van der Waals surface area contributed by atoms with E-state index in [1.807, 2.05) is 0 Å². The summed E-state index contributed by atoms with van der Waals surface area (Å²) in [5.74, 6) is 0.0880. The van der Waals surface area contributed by atoms with Crippen LogP contribution < -0.4 is 5.73 Å². The summed E-state index contributed by atoms with van der Waals surface area (Å²) in [4.78, 5) is 6.40. The molecule has 0 saturated heterocycles. The lowest BCUT2D eigenvalue weighted by Crippen LogP contribution is -2.04. The van der Waals surface area contributed by atoms with E-state index < -0.39 is 11.7 Å². The van der Waals surface area contributed by atoms with Crippen LogP contribution in [-0.4, -0.2) is 9.97 Å². The molecule has 0 spiro atoms. The Hall–Kier alpha value is -1.24. The molecular weight excluding hydrogens is 275 g/mol. The van der Waals surface area contributed by atoms with Crippen molar-refractivity contribution < 1.29 is 13.2 Å². The minimum absolute atomic E-state index is 0.0880. The zero-order valence-electron chi connectivity index (χ0n) is 7.19. The molecule has 2 rings (SSSR count). The highest BCUT2D eigenvalue weighted by molar-refractivity contribution is 9.10. The molecule has 0 saturated carbocycles. The van der Waals surface area contributed by atoms with E-state index in [2.05, 4.69) is 25.9 Å². The number of nitrogens with two attached hydrogens (primary N) is 1. The molecule has 0 bridgehead atoms. The molecular formula is C8H5BrF3N3. The summed E-state index contributed by atoms with van der Waals surface area (Å²) < 4.78 is 37.5. The molecule has 1 aromatic carbocycles. The first-order valence-electron chi connectivity index (χ1n) is 3.90. The van der Waals surface area contributed by atoms with Crippen molar-refractivity contribution in [2.45, 2.75) is 6.18 Å². The van der Waals surface area contributed by atoms with Gasteiger partial charge in [-0.3, -0.25) is 0 Å². The molecule has 3 nitrogen and oxygen atoms in total. The van der Waals surface area contributed by atoms with Crippen LogP contribution in [0.15, 0.2) is 16.6 Å². The number of hydrogen-bond acceptors (Lipinski definition) is 2. The first kappa shape index (κ1) is 10.3. The monoisotopic (exact) mass is 279 g/mol. The summed E-state index contributed by atoms with van der Waals surface area (Å²) in [7, 11) is 0. The van der Waals surface area contributed by atoms with Gasteiger partial charge in [-0.25, -0.2) is 4.98 Å². The van der Waals surface area contributed by atoms with E-state index in [-0.39, 0.29) is 15.9 Å². The molecule has 0 aliphatic carbocycles.